The highest BCUT2D eigenvalue weighted by Gasteiger charge is 2.28. The number of anilines is 1. The number of hydrogen-bond donors (Lipinski definition) is 2. The molecule has 2 heterocycles. The van der Waals surface area contributed by atoms with E-state index >= 15 is 0 Å². The minimum Gasteiger partial charge on any atom is -0.492 e. The van der Waals surface area contributed by atoms with Crippen molar-refractivity contribution in [1.29, 1.82) is 0 Å². The van der Waals surface area contributed by atoms with Gasteiger partial charge in [-0.1, -0.05) is 0 Å². The van der Waals surface area contributed by atoms with Crippen molar-refractivity contribution >= 4 is 22.6 Å². The van der Waals surface area contributed by atoms with E-state index in [9.17, 15) is 4.79 Å². The van der Waals surface area contributed by atoms with Crippen molar-refractivity contribution in [2.45, 2.75) is 25.7 Å². The Labute approximate surface area is 157 Å². The summed E-state index contributed by atoms with van der Waals surface area (Å²) in [7, 11) is 1.86. The van der Waals surface area contributed by atoms with Crippen molar-refractivity contribution in [2.24, 2.45) is 12.8 Å². The molecule has 0 saturated heterocycles. The van der Waals surface area contributed by atoms with Crippen LogP contribution in [0, 0.1) is 6.92 Å². The van der Waals surface area contributed by atoms with Gasteiger partial charge in [-0.15, -0.1) is 0 Å². The van der Waals surface area contributed by atoms with Crippen LogP contribution in [0.15, 0.2) is 30.3 Å². The second-order valence-electron chi connectivity index (χ2n) is 6.89. The maximum Gasteiger partial charge on any atom is 0.256 e. The predicted octanol–water partition coefficient (Wildman–Crippen LogP) is 2.74. The molecule has 1 amide bonds. The van der Waals surface area contributed by atoms with Gasteiger partial charge >= 0.3 is 0 Å². The molecule has 7 nitrogen and oxygen atoms in total. The maximum atomic E-state index is 13.0. The lowest BCUT2D eigenvalue weighted by Crippen LogP contribution is -2.14. The Morgan fingerprint density at radius 1 is 1.33 bits per heavy atom. The fourth-order valence-corrected chi connectivity index (χ4v) is 3.24. The first kappa shape index (κ1) is 17.5. The number of aromatic nitrogens is 3. The zero-order valence-electron chi connectivity index (χ0n) is 15.5. The van der Waals surface area contributed by atoms with Crippen LogP contribution in [-0.4, -0.2) is 33.8 Å². The molecule has 3 N–H and O–H groups in total. The Balaban J connectivity index is 1.64. The van der Waals surface area contributed by atoms with Crippen molar-refractivity contribution in [2.75, 3.05) is 18.5 Å². The number of aryl methyl sites for hydroxylation is 2. The number of amides is 1. The molecule has 1 aromatic carbocycles. The van der Waals surface area contributed by atoms with E-state index in [2.05, 4.69) is 10.4 Å². The third-order valence-electron chi connectivity index (χ3n) is 4.73. The number of nitrogens with two attached hydrogens (primary N) is 1. The Morgan fingerprint density at radius 2 is 2.07 bits per heavy atom. The van der Waals surface area contributed by atoms with Gasteiger partial charge in [-0.05, 0) is 50.1 Å². The van der Waals surface area contributed by atoms with Gasteiger partial charge in [0.05, 0.1) is 16.6 Å². The lowest BCUT2D eigenvalue weighted by molar-refractivity contribution is 0.102. The van der Waals surface area contributed by atoms with Crippen molar-refractivity contribution in [3.63, 3.8) is 0 Å². The van der Waals surface area contributed by atoms with E-state index < -0.39 is 0 Å². The molecular weight excluding hydrogens is 342 g/mol. The summed E-state index contributed by atoms with van der Waals surface area (Å²) >= 11 is 0. The van der Waals surface area contributed by atoms with Crippen LogP contribution in [0.25, 0.3) is 11.0 Å². The van der Waals surface area contributed by atoms with E-state index in [1.807, 2.05) is 44.3 Å². The van der Waals surface area contributed by atoms with Gasteiger partial charge in [0.25, 0.3) is 5.91 Å². The van der Waals surface area contributed by atoms with Crippen molar-refractivity contribution in [3.8, 4) is 5.75 Å². The quantitative estimate of drug-likeness (QED) is 0.700. The van der Waals surface area contributed by atoms with E-state index in [0.29, 0.717) is 30.3 Å². The second-order valence-corrected chi connectivity index (χ2v) is 6.89. The fourth-order valence-electron chi connectivity index (χ4n) is 3.24. The van der Waals surface area contributed by atoms with Crippen LogP contribution in [0.3, 0.4) is 0 Å². The standard InChI is InChI=1S/C20H23N5O2/c1-12-18-16(11-17(13-3-4-13)23-19(18)25(2)24-12)20(26)22-14-5-7-15(8-6-14)27-10-9-21/h5-8,11,13H,3-4,9-10,21H2,1-2H3,(H,22,26). The molecule has 0 spiro atoms. The summed E-state index contributed by atoms with van der Waals surface area (Å²) in [4.78, 5) is 17.8. The first-order valence-electron chi connectivity index (χ1n) is 9.15. The number of benzene rings is 1. The van der Waals surface area contributed by atoms with Crippen LogP contribution >= 0.6 is 0 Å². The van der Waals surface area contributed by atoms with E-state index in [4.69, 9.17) is 15.5 Å². The summed E-state index contributed by atoms with van der Waals surface area (Å²) in [5.41, 5.74) is 9.30. The monoisotopic (exact) mass is 365 g/mol. The van der Waals surface area contributed by atoms with Crippen LogP contribution in [0.2, 0.25) is 0 Å². The summed E-state index contributed by atoms with van der Waals surface area (Å²) in [6.45, 7) is 2.83. The highest BCUT2D eigenvalue weighted by Crippen LogP contribution is 2.40. The van der Waals surface area contributed by atoms with Gasteiger partial charge in [-0.3, -0.25) is 9.48 Å². The lowest BCUT2D eigenvalue weighted by atomic mass is 10.1. The zero-order chi connectivity index (χ0) is 19.0. The van der Waals surface area contributed by atoms with Gasteiger partial charge < -0.3 is 15.8 Å². The number of ether oxygens (including phenoxy) is 1. The normalized spacial score (nSPS) is 13.7. The summed E-state index contributed by atoms with van der Waals surface area (Å²) in [5, 5.41) is 8.23. The van der Waals surface area contributed by atoms with E-state index in [1.54, 1.807) is 4.68 Å². The van der Waals surface area contributed by atoms with E-state index in [0.717, 1.165) is 41.0 Å². The number of hydrogen-bond acceptors (Lipinski definition) is 5. The molecule has 1 fully saturated rings. The molecule has 1 aliphatic rings. The molecule has 27 heavy (non-hydrogen) atoms. The van der Waals surface area contributed by atoms with Crippen molar-refractivity contribution < 1.29 is 9.53 Å². The Bertz CT molecular complexity index is 990. The lowest BCUT2D eigenvalue weighted by Gasteiger charge is -2.10. The molecule has 0 bridgehead atoms. The molecular formula is C20H23N5O2. The molecule has 4 rings (SSSR count). The summed E-state index contributed by atoms with van der Waals surface area (Å²) < 4.78 is 7.21. The van der Waals surface area contributed by atoms with E-state index in [-0.39, 0.29) is 5.91 Å². The second kappa shape index (κ2) is 7.00. The molecule has 2 aromatic heterocycles. The van der Waals surface area contributed by atoms with Crippen molar-refractivity contribution in [1.82, 2.24) is 14.8 Å². The number of nitrogens with one attached hydrogen (secondary N) is 1. The number of pyridine rings is 1. The fraction of sp³-hybridized carbons (Fsp3) is 0.350. The van der Waals surface area contributed by atoms with Gasteiger partial charge in [0, 0.05) is 30.9 Å². The van der Waals surface area contributed by atoms with Crippen LogP contribution in [0.4, 0.5) is 5.69 Å². The van der Waals surface area contributed by atoms with Crippen LogP contribution in [-0.2, 0) is 7.05 Å². The molecule has 0 radical (unpaired) electrons. The van der Waals surface area contributed by atoms with Gasteiger partial charge in [0.15, 0.2) is 5.65 Å². The maximum absolute atomic E-state index is 13.0. The zero-order valence-corrected chi connectivity index (χ0v) is 15.5. The summed E-state index contributed by atoms with van der Waals surface area (Å²) in [6.07, 6.45) is 2.25. The minimum atomic E-state index is -0.156. The van der Waals surface area contributed by atoms with Crippen LogP contribution in [0.5, 0.6) is 5.75 Å². The highest BCUT2D eigenvalue weighted by molar-refractivity contribution is 6.12. The average Bonchev–Trinajstić information content (AvgIpc) is 3.47. The third-order valence-corrected chi connectivity index (χ3v) is 4.73. The smallest absolute Gasteiger partial charge is 0.256 e. The topological polar surface area (TPSA) is 95.1 Å². The number of rotatable bonds is 6. The minimum absolute atomic E-state index is 0.156. The predicted molar refractivity (Wildman–Crippen MR) is 104 cm³/mol. The molecule has 7 heteroatoms. The number of carbonyl (C=O) groups is 1. The van der Waals surface area contributed by atoms with Crippen molar-refractivity contribution in [3.05, 3.63) is 47.3 Å². The van der Waals surface area contributed by atoms with E-state index in [1.165, 1.54) is 0 Å². The van der Waals surface area contributed by atoms with Gasteiger partial charge in [-0.2, -0.15) is 5.10 Å². The first-order valence-corrected chi connectivity index (χ1v) is 9.15. The highest BCUT2D eigenvalue weighted by atomic mass is 16.5. The number of carbonyl (C=O) groups excluding carboxylic acids is 1. The van der Waals surface area contributed by atoms with Crippen LogP contribution < -0.4 is 15.8 Å². The Kier molecular flexibility index (Phi) is 4.53. The molecule has 0 unspecified atom stereocenters. The molecule has 1 saturated carbocycles. The summed E-state index contributed by atoms with van der Waals surface area (Å²) in [5.74, 6) is 1.02. The van der Waals surface area contributed by atoms with Gasteiger partial charge in [-0.25, -0.2) is 4.98 Å². The number of nitrogens with zero attached hydrogens (tertiary/aromatic N) is 3. The largest absolute Gasteiger partial charge is 0.492 e. The Hall–Kier alpha value is -2.93. The Morgan fingerprint density at radius 3 is 2.74 bits per heavy atom. The SMILES string of the molecule is Cc1nn(C)c2nc(C3CC3)cc(C(=O)Nc3ccc(OCCN)cc3)c12. The number of fused-ring (bicyclic) bond motifs is 1. The summed E-state index contributed by atoms with van der Waals surface area (Å²) in [6, 6.07) is 9.19. The average molecular weight is 365 g/mol. The van der Waals surface area contributed by atoms with Gasteiger partial charge in [0.2, 0.25) is 0 Å². The van der Waals surface area contributed by atoms with Gasteiger partial charge in [0.1, 0.15) is 12.4 Å². The molecule has 1 aliphatic carbocycles. The van der Waals surface area contributed by atoms with Crippen LogP contribution in [0.1, 0.15) is 40.5 Å². The molecule has 0 aliphatic heterocycles. The molecule has 0 atom stereocenters. The molecule has 140 valence electrons. The first-order chi connectivity index (χ1) is 13.1. The third kappa shape index (κ3) is 3.50. The molecule has 3 aromatic rings.